The molecule has 0 aromatic heterocycles. The summed E-state index contributed by atoms with van der Waals surface area (Å²) in [6.07, 6.45) is 1.99. The average molecular weight is 272 g/mol. The van der Waals surface area contributed by atoms with Crippen LogP contribution in [0, 0.1) is 5.82 Å². The quantitative estimate of drug-likeness (QED) is 0.886. The van der Waals surface area contributed by atoms with Crippen LogP contribution in [-0.2, 0) is 4.74 Å². The minimum Gasteiger partial charge on any atom is -0.372 e. The first kappa shape index (κ1) is 13.8. The van der Waals surface area contributed by atoms with Crippen LogP contribution in [0.3, 0.4) is 0 Å². The number of nitrogens with one attached hydrogen (secondary N) is 1. The van der Waals surface area contributed by atoms with Crippen LogP contribution >= 0.6 is 11.6 Å². The third-order valence-corrected chi connectivity index (χ3v) is 4.07. The topological polar surface area (TPSA) is 21.3 Å². The highest BCUT2D eigenvalue weighted by Crippen LogP contribution is 2.27. The molecule has 2 atom stereocenters. The van der Waals surface area contributed by atoms with Gasteiger partial charge in [-0.3, -0.25) is 0 Å². The Morgan fingerprint density at radius 2 is 2.33 bits per heavy atom. The molecule has 18 heavy (non-hydrogen) atoms. The zero-order chi connectivity index (χ0) is 13.2. The second kappa shape index (κ2) is 5.55. The molecule has 1 heterocycles. The highest BCUT2D eigenvalue weighted by molar-refractivity contribution is 6.30. The molecule has 1 N–H and O–H groups in total. The summed E-state index contributed by atoms with van der Waals surface area (Å²) in [6.45, 7) is 5.81. The van der Waals surface area contributed by atoms with Crippen LogP contribution in [0.25, 0.3) is 0 Å². The number of halogens is 2. The van der Waals surface area contributed by atoms with Crippen LogP contribution in [0.4, 0.5) is 4.39 Å². The first-order chi connectivity index (χ1) is 8.54. The Hall–Kier alpha value is -0.640. The molecule has 100 valence electrons. The number of hydrogen-bond acceptors (Lipinski definition) is 2. The lowest BCUT2D eigenvalue weighted by atomic mass is 9.95. The summed E-state index contributed by atoms with van der Waals surface area (Å²) in [7, 11) is 0. The van der Waals surface area contributed by atoms with Gasteiger partial charge < -0.3 is 10.1 Å². The number of rotatable bonds is 2. The Kier molecular flexibility index (Phi) is 4.25. The molecule has 2 rings (SSSR count). The molecule has 0 spiro atoms. The van der Waals surface area contributed by atoms with E-state index in [1.807, 2.05) is 0 Å². The first-order valence-electron chi connectivity index (χ1n) is 6.36. The third kappa shape index (κ3) is 3.02. The highest BCUT2D eigenvalue weighted by atomic mass is 35.5. The third-order valence-electron chi connectivity index (χ3n) is 3.78. The van der Waals surface area contributed by atoms with E-state index in [4.69, 9.17) is 16.3 Å². The van der Waals surface area contributed by atoms with Gasteiger partial charge in [0.05, 0.1) is 11.1 Å². The molecule has 1 aliphatic heterocycles. The van der Waals surface area contributed by atoms with E-state index in [-0.39, 0.29) is 22.5 Å². The maximum atomic E-state index is 13.1. The van der Waals surface area contributed by atoms with Crippen molar-refractivity contribution in [3.63, 3.8) is 0 Å². The van der Waals surface area contributed by atoms with Gasteiger partial charge in [0, 0.05) is 18.7 Å². The number of ether oxygens (including phenoxy) is 1. The van der Waals surface area contributed by atoms with Gasteiger partial charge in [-0.05, 0) is 37.5 Å². The second-order valence-electron chi connectivity index (χ2n) is 5.08. The molecule has 0 bridgehead atoms. The molecule has 0 saturated carbocycles. The van der Waals surface area contributed by atoms with E-state index in [2.05, 4.69) is 19.2 Å². The summed E-state index contributed by atoms with van der Waals surface area (Å²) in [5.74, 6) is -0.389. The largest absolute Gasteiger partial charge is 0.372 e. The van der Waals surface area contributed by atoms with Crippen LogP contribution < -0.4 is 5.32 Å². The van der Waals surface area contributed by atoms with Crippen molar-refractivity contribution >= 4 is 11.6 Å². The molecule has 2 unspecified atom stereocenters. The van der Waals surface area contributed by atoms with Crippen molar-refractivity contribution in [2.24, 2.45) is 0 Å². The Labute approximate surface area is 112 Å². The molecule has 1 aromatic carbocycles. The van der Waals surface area contributed by atoms with Crippen molar-refractivity contribution in [2.45, 2.75) is 38.3 Å². The van der Waals surface area contributed by atoms with Crippen LogP contribution in [0.5, 0.6) is 0 Å². The Morgan fingerprint density at radius 1 is 1.56 bits per heavy atom. The monoisotopic (exact) mass is 271 g/mol. The van der Waals surface area contributed by atoms with Gasteiger partial charge >= 0.3 is 0 Å². The summed E-state index contributed by atoms with van der Waals surface area (Å²) in [5.41, 5.74) is 1.05. The SMILES string of the molecule is CCC1(C)CCOC(c2ccc(F)c(Cl)c2)CN1. The minimum absolute atomic E-state index is 0.0588. The van der Waals surface area contributed by atoms with Crippen LogP contribution in [0.1, 0.15) is 38.4 Å². The Balaban J connectivity index is 2.12. The molecule has 4 heteroatoms. The molecule has 2 nitrogen and oxygen atoms in total. The predicted molar refractivity (Wildman–Crippen MR) is 71.4 cm³/mol. The van der Waals surface area contributed by atoms with Crippen molar-refractivity contribution in [2.75, 3.05) is 13.2 Å². The maximum Gasteiger partial charge on any atom is 0.141 e. The highest BCUT2D eigenvalue weighted by Gasteiger charge is 2.27. The van der Waals surface area contributed by atoms with Gasteiger partial charge in [0.2, 0.25) is 0 Å². The van der Waals surface area contributed by atoms with Gasteiger partial charge in [-0.25, -0.2) is 4.39 Å². The normalized spacial score (nSPS) is 29.0. The molecule has 0 aliphatic carbocycles. The molecule has 1 aliphatic rings. The maximum absolute atomic E-state index is 13.1. The predicted octanol–water partition coefficient (Wildman–Crippen LogP) is 3.70. The molecule has 1 saturated heterocycles. The zero-order valence-electron chi connectivity index (χ0n) is 10.8. The molecular formula is C14H19ClFNO. The minimum atomic E-state index is -0.389. The van der Waals surface area contributed by atoms with Gasteiger partial charge in [0.15, 0.2) is 0 Å². The fraction of sp³-hybridized carbons (Fsp3) is 0.571. The summed E-state index contributed by atoms with van der Waals surface area (Å²) >= 11 is 5.81. The lowest BCUT2D eigenvalue weighted by Gasteiger charge is -2.27. The summed E-state index contributed by atoms with van der Waals surface area (Å²) in [6, 6.07) is 4.78. The second-order valence-corrected chi connectivity index (χ2v) is 5.49. The standard InChI is InChI=1S/C14H19ClFNO/c1-3-14(2)6-7-18-13(9-17-14)10-4-5-12(16)11(15)8-10/h4-5,8,13,17H,3,6-7,9H2,1-2H3. The fourth-order valence-corrected chi connectivity index (χ4v) is 2.33. The van der Waals surface area contributed by atoms with Crippen LogP contribution in [0.15, 0.2) is 18.2 Å². The fourth-order valence-electron chi connectivity index (χ4n) is 2.14. The molecule has 0 radical (unpaired) electrons. The van der Waals surface area contributed by atoms with Crippen molar-refractivity contribution in [1.29, 1.82) is 0 Å². The van der Waals surface area contributed by atoms with Crippen molar-refractivity contribution in [3.05, 3.63) is 34.6 Å². The number of hydrogen-bond donors (Lipinski definition) is 1. The number of benzene rings is 1. The van der Waals surface area contributed by atoms with Crippen molar-refractivity contribution in [1.82, 2.24) is 5.32 Å². The molecule has 0 amide bonds. The summed E-state index contributed by atoms with van der Waals surface area (Å²) < 4.78 is 19.0. The summed E-state index contributed by atoms with van der Waals surface area (Å²) in [5, 5.41) is 3.68. The van der Waals surface area contributed by atoms with Crippen LogP contribution in [0.2, 0.25) is 5.02 Å². The average Bonchev–Trinajstić information content (AvgIpc) is 2.56. The lowest BCUT2D eigenvalue weighted by Crippen LogP contribution is -2.42. The molecule has 1 aromatic rings. The zero-order valence-corrected chi connectivity index (χ0v) is 11.6. The lowest BCUT2D eigenvalue weighted by molar-refractivity contribution is 0.0653. The van der Waals surface area contributed by atoms with Gasteiger partial charge in [-0.15, -0.1) is 0 Å². The first-order valence-corrected chi connectivity index (χ1v) is 6.73. The van der Waals surface area contributed by atoms with E-state index in [1.165, 1.54) is 6.07 Å². The van der Waals surface area contributed by atoms with E-state index in [0.717, 1.165) is 24.9 Å². The van der Waals surface area contributed by atoms with Gasteiger partial charge in [0.25, 0.3) is 0 Å². The van der Waals surface area contributed by atoms with Crippen molar-refractivity contribution in [3.8, 4) is 0 Å². The van der Waals surface area contributed by atoms with Gasteiger partial charge in [-0.2, -0.15) is 0 Å². The van der Waals surface area contributed by atoms with E-state index >= 15 is 0 Å². The van der Waals surface area contributed by atoms with E-state index in [1.54, 1.807) is 12.1 Å². The van der Waals surface area contributed by atoms with Gasteiger partial charge in [-0.1, -0.05) is 24.6 Å². The molecular weight excluding hydrogens is 253 g/mol. The Bertz CT molecular complexity index is 426. The van der Waals surface area contributed by atoms with Crippen LogP contribution in [-0.4, -0.2) is 18.7 Å². The van der Waals surface area contributed by atoms with E-state index in [0.29, 0.717) is 6.61 Å². The van der Waals surface area contributed by atoms with E-state index in [9.17, 15) is 4.39 Å². The Morgan fingerprint density at radius 3 is 3.00 bits per heavy atom. The molecule has 1 fully saturated rings. The smallest absolute Gasteiger partial charge is 0.141 e. The van der Waals surface area contributed by atoms with E-state index < -0.39 is 0 Å². The van der Waals surface area contributed by atoms with Crippen molar-refractivity contribution < 1.29 is 9.13 Å². The summed E-state index contributed by atoms with van der Waals surface area (Å²) in [4.78, 5) is 0. The van der Waals surface area contributed by atoms with Gasteiger partial charge in [0.1, 0.15) is 5.82 Å².